The summed E-state index contributed by atoms with van der Waals surface area (Å²) < 4.78 is 5.15. The van der Waals surface area contributed by atoms with Crippen LogP contribution in [-0.4, -0.2) is 56.2 Å². The highest BCUT2D eigenvalue weighted by molar-refractivity contribution is 5.39. The quantitative estimate of drug-likeness (QED) is 0.812. The lowest BCUT2D eigenvalue weighted by molar-refractivity contribution is 0.273. The maximum Gasteiger partial charge on any atom is 0.120 e. The van der Waals surface area contributed by atoms with Gasteiger partial charge in [-0.2, -0.15) is 0 Å². The second-order valence-electron chi connectivity index (χ2n) is 4.54. The Balaban J connectivity index is 2.60. The van der Waals surface area contributed by atoms with Crippen molar-refractivity contribution in [1.29, 1.82) is 0 Å². The molecular formula is C13H22N2O2. The van der Waals surface area contributed by atoms with Crippen LogP contribution in [0.3, 0.4) is 0 Å². The van der Waals surface area contributed by atoms with Crippen LogP contribution < -0.4 is 4.74 Å². The van der Waals surface area contributed by atoms with Crippen LogP contribution in [0.5, 0.6) is 11.5 Å². The predicted molar refractivity (Wildman–Crippen MR) is 69.5 cm³/mol. The summed E-state index contributed by atoms with van der Waals surface area (Å²) in [4.78, 5) is 4.32. The second kappa shape index (κ2) is 6.47. The lowest BCUT2D eigenvalue weighted by Crippen LogP contribution is -2.28. The summed E-state index contributed by atoms with van der Waals surface area (Å²) in [5, 5.41) is 9.76. The molecule has 4 heteroatoms. The van der Waals surface area contributed by atoms with Crippen LogP contribution in [0.25, 0.3) is 0 Å². The molecule has 0 aromatic heterocycles. The molecule has 0 atom stereocenters. The van der Waals surface area contributed by atoms with Crippen molar-refractivity contribution in [3.8, 4) is 11.5 Å². The van der Waals surface area contributed by atoms with E-state index in [-0.39, 0.29) is 0 Å². The molecule has 0 amide bonds. The molecule has 1 aromatic carbocycles. The zero-order chi connectivity index (χ0) is 12.8. The number of nitrogens with zero attached hydrogens (tertiary/aromatic N) is 2. The first-order chi connectivity index (χ1) is 8.02. The Bertz CT molecular complexity index is 353. The Morgan fingerprint density at radius 3 is 2.47 bits per heavy atom. The van der Waals surface area contributed by atoms with E-state index in [9.17, 15) is 5.11 Å². The number of phenolic OH excluding ortho intramolecular Hbond substituents is 1. The van der Waals surface area contributed by atoms with Crippen molar-refractivity contribution in [3.63, 3.8) is 0 Å². The van der Waals surface area contributed by atoms with Gasteiger partial charge in [0.25, 0.3) is 0 Å². The highest BCUT2D eigenvalue weighted by Gasteiger charge is 2.07. The largest absolute Gasteiger partial charge is 0.508 e. The first-order valence-corrected chi connectivity index (χ1v) is 5.72. The molecular weight excluding hydrogens is 216 g/mol. The van der Waals surface area contributed by atoms with Gasteiger partial charge in [0.15, 0.2) is 0 Å². The number of benzene rings is 1. The normalized spacial score (nSPS) is 11.2. The highest BCUT2D eigenvalue weighted by Crippen LogP contribution is 2.23. The van der Waals surface area contributed by atoms with E-state index in [0.29, 0.717) is 5.75 Å². The van der Waals surface area contributed by atoms with Crippen LogP contribution in [0.2, 0.25) is 0 Å². The van der Waals surface area contributed by atoms with E-state index in [1.807, 2.05) is 13.1 Å². The van der Waals surface area contributed by atoms with E-state index in [4.69, 9.17) is 4.74 Å². The van der Waals surface area contributed by atoms with Crippen LogP contribution in [-0.2, 0) is 6.54 Å². The maximum atomic E-state index is 9.76. The fraction of sp³-hybridized carbons (Fsp3) is 0.538. The van der Waals surface area contributed by atoms with Gasteiger partial charge >= 0.3 is 0 Å². The lowest BCUT2D eigenvalue weighted by atomic mass is 10.2. The number of rotatable bonds is 6. The molecule has 0 saturated carbocycles. The van der Waals surface area contributed by atoms with Crippen molar-refractivity contribution in [2.45, 2.75) is 6.54 Å². The minimum absolute atomic E-state index is 0.322. The SMILES string of the molecule is COc1ccc(O)c(CN(C)CCN(C)C)c1. The van der Waals surface area contributed by atoms with Crippen molar-refractivity contribution >= 4 is 0 Å². The Hall–Kier alpha value is -1.26. The molecule has 0 spiro atoms. The second-order valence-corrected chi connectivity index (χ2v) is 4.54. The molecule has 0 aliphatic carbocycles. The fourth-order valence-corrected chi connectivity index (χ4v) is 1.56. The average molecular weight is 238 g/mol. The van der Waals surface area contributed by atoms with Gasteiger partial charge in [-0.05, 0) is 39.3 Å². The molecule has 0 aliphatic heterocycles. The Morgan fingerprint density at radius 1 is 1.18 bits per heavy atom. The highest BCUT2D eigenvalue weighted by atomic mass is 16.5. The van der Waals surface area contributed by atoms with Crippen LogP contribution in [0, 0.1) is 0 Å². The van der Waals surface area contributed by atoms with Crippen LogP contribution >= 0.6 is 0 Å². The van der Waals surface area contributed by atoms with E-state index in [1.165, 1.54) is 0 Å². The Labute approximate surface area is 103 Å². The van der Waals surface area contributed by atoms with Crippen molar-refractivity contribution in [3.05, 3.63) is 23.8 Å². The van der Waals surface area contributed by atoms with Gasteiger partial charge in [0.2, 0.25) is 0 Å². The van der Waals surface area contributed by atoms with Crippen LogP contribution in [0.4, 0.5) is 0 Å². The minimum Gasteiger partial charge on any atom is -0.508 e. The smallest absolute Gasteiger partial charge is 0.120 e. The summed E-state index contributed by atoms with van der Waals surface area (Å²) >= 11 is 0. The topological polar surface area (TPSA) is 35.9 Å². The van der Waals surface area contributed by atoms with Crippen LogP contribution in [0.1, 0.15) is 5.56 Å². The van der Waals surface area contributed by atoms with Gasteiger partial charge in [0.1, 0.15) is 11.5 Å². The van der Waals surface area contributed by atoms with Gasteiger partial charge in [-0.25, -0.2) is 0 Å². The van der Waals surface area contributed by atoms with Gasteiger partial charge < -0.3 is 19.6 Å². The molecule has 1 N–H and O–H groups in total. The standard InChI is InChI=1S/C13H22N2O2/c1-14(2)7-8-15(3)10-11-9-12(17-4)5-6-13(11)16/h5-6,9,16H,7-8,10H2,1-4H3. The molecule has 0 radical (unpaired) electrons. The number of methoxy groups -OCH3 is 1. The molecule has 0 fully saturated rings. The first-order valence-electron chi connectivity index (χ1n) is 5.72. The molecule has 1 aromatic rings. The minimum atomic E-state index is 0.322. The number of phenols is 1. The van der Waals surface area contributed by atoms with Gasteiger partial charge in [-0.15, -0.1) is 0 Å². The van der Waals surface area contributed by atoms with Gasteiger partial charge in [-0.1, -0.05) is 0 Å². The van der Waals surface area contributed by atoms with Crippen LogP contribution in [0.15, 0.2) is 18.2 Å². The fourth-order valence-electron chi connectivity index (χ4n) is 1.56. The number of ether oxygens (including phenoxy) is 1. The lowest BCUT2D eigenvalue weighted by Gasteiger charge is -2.20. The van der Waals surface area contributed by atoms with Crippen molar-refractivity contribution in [2.75, 3.05) is 41.3 Å². The Morgan fingerprint density at radius 2 is 1.88 bits per heavy atom. The van der Waals surface area contributed by atoms with E-state index >= 15 is 0 Å². The zero-order valence-corrected chi connectivity index (χ0v) is 11.1. The summed E-state index contributed by atoms with van der Waals surface area (Å²) in [6.45, 7) is 2.68. The summed E-state index contributed by atoms with van der Waals surface area (Å²) in [7, 11) is 7.78. The average Bonchev–Trinajstić information content (AvgIpc) is 2.29. The summed E-state index contributed by atoms with van der Waals surface area (Å²) in [5.74, 6) is 1.10. The van der Waals surface area contributed by atoms with Gasteiger partial charge in [0.05, 0.1) is 7.11 Å². The van der Waals surface area contributed by atoms with Gasteiger partial charge in [-0.3, -0.25) is 0 Å². The molecule has 0 unspecified atom stereocenters. The van der Waals surface area contributed by atoms with E-state index in [1.54, 1.807) is 19.2 Å². The van der Waals surface area contributed by atoms with Crippen molar-refractivity contribution in [2.24, 2.45) is 0 Å². The molecule has 0 bridgehead atoms. The molecule has 0 saturated heterocycles. The Kier molecular flexibility index (Phi) is 5.25. The van der Waals surface area contributed by atoms with E-state index < -0.39 is 0 Å². The molecule has 96 valence electrons. The van der Waals surface area contributed by atoms with E-state index in [0.717, 1.165) is 30.9 Å². The van der Waals surface area contributed by atoms with E-state index in [2.05, 4.69) is 23.9 Å². The number of likely N-dealkylation sites (N-methyl/N-ethyl adjacent to an activating group) is 2. The summed E-state index contributed by atoms with van der Waals surface area (Å²) in [6.07, 6.45) is 0. The summed E-state index contributed by atoms with van der Waals surface area (Å²) in [6, 6.07) is 5.31. The third-order valence-corrected chi connectivity index (χ3v) is 2.66. The molecule has 0 aliphatic rings. The predicted octanol–water partition coefficient (Wildman–Crippen LogP) is 1.39. The third-order valence-electron chi connectivity index (χ3n) is 2.66. The first kappa shape index (κ1) is 13.8. The number of hydrogen-bond donors (Lipinski definition) is 1. The third kappa shape index (κ3) is 4.63. The van der Waals surface area contributed by atoms with Crippen molar-refractivity contribution < 1.29 is 9.84 Å². The molecule has 1 rings (SSSR count). The molecule has 17 heavy (non-hydrogen) atoms. The summed E-state index contributed by atoms with van der Waals surface area (Å²) in [5.41, 5.74) is 0.894. The number of hydrogen-bond acceptors (Lipinski definition) is 4. The van der Waals surface area contributed by atoms with Gasteiger partial charge in [0, 0.05) is 25.2 Å². The zero-order valence-electron chi connectivity index (χ0n) is 11.1. The molecule has 4 nitrogen and oxygen atoms in total. The maximum absolute atomic E-state index is 9.76. The number of aromatic hydroxyl groups is 1. The molecule has 0 heterocycles. The monoisotopic (exact) mass is 238 g/mol. The van der Waals surface area contributed by atoms with Crippen molar-refractivity contribution in [1.82, 2.24) is 9.80 Å².